The lowest BCUT2D eigenvalue weighted by molar-refractivity contribution is -0.143. The largest absolute Gasteiger partial charge is 0.466 e. The summed E-state index contributed by atoms with van der Waals surface area (Å²) in [5, 5.41) is 8.66. The van der Waals surface area contributed by atoms with E-state index in [0.29, 0.717) is 12.3 Å². The van der Waals surface area contributed by atoms with E-state index in [1.165, 1.54) is 6.21 Å². The molecule has 0 fully saturated rings. The van der Waals surface area contributed by atoms with Crippen LogP contribution in [0.1, 0.15) is 31.7 Å². The number of rotatable bonds is 9. The molecule has 24 heavy (non-hydrogen) atoms. The molecule has 0 bridgehead atoms. The van der Waals surface area contributed by atoms with Crippen molar-refractivity contribution in [3.8, 4) is 0 Å². The lowest BCUT2D eigenvalue weighted by Crippen LogP contribution is -2.27. The molecule has 2 amide bonds. The maximum atomic E-state index is 11.8. The van der Waals surface area contributed by atoms with Crippen LogP contribution in [0.3, 0.4) is 0 Å². The van der Waals surface area contributed by atoms with Crippen molar-refractivity contribution in [1.29, 1.82) is 0 Å². The molecule has 8 nitrogen and oxygen atoms in total. The van der Waals surface area contributed by atoms with Gasteiger partial charge >= 0.3 is 5.97 Å². The molecule has 0 atom stereocenters. The number of amides is 2. The van der Waals surface area contributed by atoms with Gasteiger partial charge in [-0.1, -0.05) is 12.1 Å². The Kier molecular flexibility index (Phi) is 8.59. The van der Waals surface area contributed by atoms with Crippen molar-refractivity contribution in [3.05, 3.63) is 29.8 Å². The molecule has 0 saturated heterocycles. The van der Waals surface area contributed by atoms with E-state index in [9.17, 15) is 14.4 Å². The molecule has 0 radical (unpaired) electrons. The second-order valence-electron chi connectivity index (χ2n) is 4.85. The highest BCUT2D eigenvalue weighted by molar-refractivity contribution is 5.93. The molecular formula is C16H22N4O4. The first-order valence-corrected chi connectivity index (χ1v) is 7.60. The van der Waals surface area contributed by atoms with Gasteiger partial charge < -0.3 is 21.2 Å². The van der Waals surface area contributed by atoms with Crippen LogP contribution in [0, 0.1) is 0 Å². The van der Waals surface area contributed by atoms with Gasteiger partial charge in [0.15, 0.2) is 0 Å². The highest BCUT2D eigenvalue weighted by Crippen LogP contribution is 2.09. The molecule has 0 aliphatic heterocycles. The second-order valence-corrected chi connectivity index (χ2v) is 4.85. The third kappa shape index (κ3) is 7.92. The van der Waals surface area contributed by atoms with E-state index in [2.05, 4.69) is 15.7 Å². The summed E-state index contributed by atoms with van der Waals surface area (Å²) in [5.74, 6) is 4.13. The number of benzene rings is 1. The van der Waals surface area contributed by atoms with Crippen molar-refractivity contribution in [2.75, 3.05) is 18.5 Å². The molecule has 0 aliphatic carbocycles. The van der Waals surface area contributed by atoms with Crippen LogP contribution in [-0.4, -0.2) is 37.1 Å². The van der Waals surface area contributed by atoms with Crippen molar-refractivity contribution in [1.82, 2.24) is 5.32 Å². The van der Waals surface area contributed by atoms with Crippen molar-refractivity contribution in [2.24, 2.45) is 10.9 Å². The Labute approximate surface area is 140 Å². The van der Waals surface area contributed by atoms with Gasteiger partial charge in [-0.3, -0.25) is 14.4 Å². The van der Waals surface area contributed by atoms with Gasteiger partial charge in [-0.05, 0) is 24.6 Å². The second kappa shape index (κ2) is 10.8. The molecule has 0 saturated carbocycles. The molecule has 0 heterocycles. The fourth-order valence-electron chi connectivity index (χ4n) is 1.81. The van der Waals surface area contributed by atoms with Crippen molar-refractivity contribution in [2.45, 2.75) is 26.2 Å². The molecule has 0 aliphatic rings. The van der Waals surface area contributed by atoms with Crippen molar-refractivity contribution < 1.29 is 19.1 Å². The maximum absolute atomic E-state index is 11.8. The van der Waals surface area contributed by atoms with Gasteiger partial charge in [-0.25, -0.2) is 0 Å². The molecule has 4 N–H and O–H groups in total. The Morgan fingerprint density at radius 2 is 1.79 bits per heavy atom. The summed E-state index contributed by atoms with van der Waals surface area (Å²) in [5.41, 5.74) is 1.44. The Morgan fingerprint density at radius 3 is 2.42 bits per heavy atom. The molecule has 1 rings (SSSR count). The van der Waals surface area contributed by atoms with Gasteiger partial charge in [-0.15, -0.1) is 0 Å². The number of hydrogen-bond donors (Lipinski definition) is 3. The van der Waals surface area contributed by atoms with Crippen LogP contribution in [0.5, 0.6) is 0 Å². The minimum atomic E-state index is -0.362. The summed E-state index contributed by atoms with van der Waals surface area (Å²) >= 11 is 0. The quantitative estimate of drug-likeness (QED) is 0.266. The fourth-order valence-corrected chi connectivity index (χ4v) is 1.81. The fraction of sp³-hybridized carbons (Fsp3) is 0.375. The molecule has 8 heteroatoms. The van der Waals surface area contributed by atoms with Crippen molar-refractivity contribution in [3.63, 3.8) is 0 Å². The number of nitrogens with one attached hydrogen (secondary N) is 2. The molecule has 1 aromatic rings. The van der Waals surface area contributed by atoms with E-state index in [-0.39, 0.29) is 43.6 Å². The van der Waals surface area contributed by atoms with Gasteiger partial charge in [0.25, 0.3) is 0 Å². The topological polar surface area (TPSA) is 123 Å². The van der Waals surface area contributed by atoms with E-state index in [0.717, 1.165) is 5.56 Å². The Balaban J connectivity index is 2.25. The minimum Gasteiger partial charge on any atom is -0.466 e. The standard InChI is InChI=1S/C16H22N4O4/c1-2-24-16(23)9-10-18-14(21)7-8-15(22)20-13-5-3-12(4-6-13)11-19-17/h3-6,11H,2,7-10,17H2,1H3,(H,18,21)(H,20,22). The van der Waals surface area contributed by atoms with Crippen molar-refractivity contribution >= 4 is 29.7 Å². The lowest BCUT2D eigenvalue weighted by atomic mass is 10.2. The third-order valence-electron chi connectivity index (χ3n) is 2.95. The highest BCUT2D eigenvalue weighted by atomic mass is 16.5. The number of carbonyl (C=O) groups excluding carboxylic acids is 3. The predicted molar refractivity (Wildman–Crippen MR) is 90.3 cm³/mol. The molecule has 0 unspecified atom stereocenters. The Hall–Kier alpha value is -2.90. The zero-order valence-electron chi connectivity index (χ0n) is 13.6. The lowest BCUT2D eigenvalue weighted by Gasteiger charge is -2.07. The summed E-state index contributed by atoms with van der Waals surface area (Å²) in [7, 11) is 0. The van der Waals surface area contributed by atoms with Crippen LogP contribution in [0.4, 0.5) is 5.69 Å². The van der Waals surface area contributed by atoms with Crippen LogP contribution >= 0.6 is 0 Å². The highest BCUT2D eigenvalue weighted by Gasteiger charge is 2.08. The zero-order chi connectivity index (χ0) is 17.8. The molecule has 0 aromatic heterocycles. The average molecular weight is 334 g/mol. The van der Waals surface area contributed by atoms with Crippen LogP contribution in [0.2, 0.25) is 0 Å². The number of hydrogen-bond acceptors (Lipinski definition) is 6. The zero-order valence-corrected chi connectivity index (χ0v) is 13.6. The first kappa shape index (κ1) is 19.1. The molecular weight excluding hydrogens is 312 g/mol. The predicted octanol–water partition coefficient (Wildman–Crippen LogP) is 0.767. The first-order chi connectivity index (χ1) is 11.5. The van der Waals surface area contributed by atoms with Gasteiger partial charge in [0.05, 0.1) is 19.2 Å². The SMILES string of the molecule is CCOC(=O)CCNC(=O)CCC(=O)Nc1ccc(C=NN)cc1. The van der Waals surface area contributed by atoms with E-state index in [1.54, 1.807) is 31.2 Å². The van der Waals surface area contributed by atoms with Crippen LogP contribution in [0.15, 0.2) is 29.4 Å². The van der Waals surface area contributed by atoms with Gasteiger partial charge in [-0.2, -0.15) is 5.10 Å². The summed E-state index contributed by atoms with van der Waals surface area (Å²) in [6.45, 7) is 2.23. The maximum Gasteiger partial charge on any atom is 0.307 e. The number of carbonyl (C=O) groups is 3. The summed E-state index contributed by atoms with van der Waals surface area (Å²) in [6.07, 6.45) is 1.71. The average Bonchev–Trinajstić information content (AvgIpc) is 2.55. The summed E-state index contributed by atoms with van der Waals surface area (Å²) in [6, 6.07) is 6.95. The molecule has 130 valence electrons. The van der Waals surface area contributed by atoms with E-state index < -0.39 is 0 Å². The summed E-state index contributed by atoms with van der Waals surface area (Å²) in [4.78, 5) is 34.5. The number of ether oxygens (including phenoxy) is 1. The Morgan fingerprint density at radius 1 is 1.12 bits per heavy atom. The molecule has 0 spiro atoms. The van der Waals surface area contributed by atoms with E-state index >= 15 is 0 Å². The van der Waals surface area contributed by atoms with Gasteiger partial charge in [0.1, 0.15) is 0 Å². The normalized spacial score (nSPS) is 10.4. The number of anilines is 1. The number of nitrogens with two attached hydrogens (primary N) is 1. The first-order valence-electron chi connectivity index (χ1n) is 7.60. The van der Waals surface area contributed by atoms with Gasteiger partial charge in [0.2, 0.25) is 11.8 Å². The minimum absolute atomic E-state index is 0.0482. The van der Waals surface area contributed by atoms with E-state index in [1.807, 2.05) is 0 Å². The smallest absolute Gasteiger partial charge is 0.307 e. The summed E-state index contributed by atoms with van der Waals surface area (Å²) < 4.78 is 4.74. The van der Waals surface area contributed by atoms with Crippen LogP contribution < -0.4 is 16.5 Å². The monoisotopic (exact) mass is 334 g/mol. The molecule has 1 aromatic carbocycles. The third-order valence-corrected chi connectivity index (χ3v) is 2.95. The number of nitrogens with zero attached hydrogens (tertiary/aromatic N) is 1. The Bertz CT molecular complexity index is 584. The number of hydrazone groups is 1. The van der Waals surface area contributed by atoms with Gasteiger partial charge in [0, 0.05) is 25.1 Å². The van der Waals surface area contributed by atoms with Crippen LogP contribution in [0.25, 0.3) is 0 Å². The van der Waals surface area contributed by atoms with Crippen LogP contribution in [-0.2, 0) is 19.1 Å². The van der Waals surface area contributed by atoms with E-state index in [4.69, 9.17) is 10.6 Å². The number of esters is 1.